The average Bonchev–Trinajstić information content (AvgIpc) is 3.97. The Kier molecular flexibility index (Phi) is 9.38. The summed E-state index contributed by atoms with van der Waals surface area (Å²) in [5, 5.41) is 3.86. The normalized spacial score (nSPS) is 22.2. The molecule has 0 amide bonds. The van der Waals surface area contributed by atoms with Gasteiger partial charge in [0.1, 0.15) is 0 Å². The number of thiophene rings is 1. The lowest BCUT2D eigenvalue weighted by atomic mass is 9.46. The maximum absolute atomic E-state index is 2.60. The molecule has 1 aromatic heterocycles. The van der Waals surface area contributed by atoms with Crippen molar-refractivity contribution in [2.24, 2.45) is 10.8 Å². The summed E-state index contributed by atoms with van der Waals surface area (Å²) in [7, 11) is 0. The van der Waals surface area contributed by atoms with E-state index in [4.69, 9.17) is 0 Å². The van der Waals surface area contributed by atoms with Gasteiger partial charge in [-0.2, -0.15) is 0 Å². The quantitative estimate of drug-likeness (QED) is 0.160. The van der Waals surface area contributed by atoms with E-state index in [1.54, 1.807) is 5.57 Å². The highest BCUT2D eigenvalue weighted by Gasteiger charge is 2.58. The van der Waals surface area contributed by atoms with Gasteiger partial charge in [-0.3, -0.25) is 0 Å². The number of benzene rings is 9. The Labute approximate surface area is 434 Å². The summed E-state index contributed by atoms with van der Waals surface area (Å²) >= 11 is 2.01. The number of anilines is 3. The third-order valence-corrected chi connectivity index (χ3v) is 19.8. The molecule has 1 nitrogen and oxygen atoms in total. The average molecular weight is 958 g/mol. The molecule has 5 heterocycles. The van der Waals surface area contributed by atoms with Crippen molar-refractivity contribution in [2.75, 3.05) is 4.90 Å². The van der Waals surface area contributed by atoms with Gasteiger partial charge < -0.3 is 4.90 Å². The van der Waals surface area contributed by atoms with Crippen LogP contribution in [0.25, 0.3) is 43.1 Å². The Morgan fingerprint density at radius 3 is 1.82 bits per heavy atom. The molecule has 4 bridgehead atoms. The molecule has 17 rings (SSSR count). The van der Waals surface area contributed by atoms with Gasteiger partial charge in [0.25, 0.3) is 0 Å². The molecule has 0 fully saturated rings. The van der Waals surface area contributed by atoms with Crippen molar-refractivity contribution < 1.29 is 0 Å². The summed E-state index contributed by atoms with van der Waals surface area (Å²) in [6, 6.07) is 81.0. The number of rotatable bonds is 3. The van der Waals surface area contributed by atoms with Crippen LogP contribution in [0.15, 0.2) is 236 Å². The molecule has 2 heteroatoms. The molecule has 3 aliphatic carbocycles. The van der Waals surface area contributed by atoms with Crippen LogP contribution < -0.4 is 4.90 Å². The summed E-state index contributed by atoms with van der Waals surface area (Å²) in [6.07, 6.45) is 5.20. The van der Waals surface area contributed by atoms with Crippen LogP contribution in [0.3, 0.4) is 0 Å². The van der Waals surface area contributed by atoms with E-state index in [9.17, 15) is 0 Å². The molecule has 0 saturated heterocycles. The fourth-order valence-corrected chi connectivity index (χ4v) is 16.0. The minimum atomic E-state index is -0.482. The number of fused-ring (bicyclic) bond motifs is 7. The topological polar surface area (TPSA) is 3.24 Å². The van der Waals surface area contributed by atoms with E-state index >= 15 is 0 Å². The van der Waals surface area contributed by atoms with Crippen LogP contribution >= 0.6 is 11.3 Å². The SMILES string of the molecule is CC1C2=C3C(C)(C=CC2(C)C(C)(C)C)c2ccc(cc2)N(c2ccc4c(c2)-c2ccccc2C4(c2ccccc2)c2ccccc2)c2ccc4ccccc4c2-c2ccc(cc2)C3(C)c2sc3ccccc3c21. The minimum absolute atomic E-state index is 0.0397. The predicted octanol–water partition coefficient (Wildman–Crippen LogP) is 19.2. The molecule has 0 N–H and O–H groups in total. The van der Waals surface area contributed by atoms with Gasteiger partial charge in [-0.25, -0.2) is 0 Å². The zero-order valence-electron chi connectivity index (χ0n) is 42.8. The lowest BCUT2D eigenvalue weighted by Crippen LogP contribution is -2.49. The third-order valence-electron chi connectivity index (χ3n) is 18.4. The molecular formula is C71H59NS. The van der Waals surface area contributed by atoms with Gasteiger partial charge in [-0.05, 0) is 133 Å². The second kappa shape index (κ2) is 15.5. The molecule has 9 aromatic carbocycles. The molecular weight excluding hydrogens is 899 g/mol. The lowest BCUT2D eigenvalue weighted by molar-refractivity contribution is 0.190. The van der Waals surface area contributed by atoms with Gasteiger partial charge in [-0.15, -0.1) is 11.3 Å². The molecule has 7 aliphatic rings. The van der Waals surface area contributed by atoms with Gasteiger partial charge >= 0.3 is 0 Å². The molecule has 354 valence electrons. The van der Waals surface area contributed by atoms with Gasteiger partial charge in [-0.1, -0.05) is 228 Å². The van der Waals surface area contributed by atoms with Crippen LogP contribution in [0, 0.1) is 10.8 Å². The van der Waals surface area contributed by atoms with Gasteiger partial charge in [0, 0.05) is 48.7 Å². The largest absolute Gasteiger partial charge is 0.310 e. The lowest BCUT2D eigenvalue weighted by Gasteiger charge is -2.57. The van der Waals surface area contributed by atoms with E-state index in [0.717, 1.165) is 17.1 Å². The smallest absolute Gasteiger partial charge is 0.0713 e. The maximum Gasteiger partial charge on any atom is 0.0713 e. The molecule has 0 radical (unpaired) electrons. The van der Waals surface area contributed by atoms with Gasteiger partial charge in [0.2, 0.25) is 0 Å². The Balaban J connectivity index is 1.06. The molecule has 73 heavy (non-hydrogen) atoms. The molecule has 0 saturated carbocycles. The zero-order valence-corrected chi connectivity index (χ0v) is 43.6. The molecule has 4 aliphatic heterocycles. The van der Waals surface area contributed by atoms with Crippen LogP contribution in [-0.4, -0.2) is 0 Å². The van der Waals surface area contributed by atoms with Crippen molar-refractivity contribution in [1.29, 1.82) is 0 Å². The van der Waals surface area contributed by atoms with Gasteiger partial charge in [0.15, 0.2) is 0 Å². The van der Waals surface area contributed by atoms with Crippen molar-refractivity contribution >= 4 is 49.3 Å². The Morgan fingerprint density at radius 1 is 0.507 bits per heavy atom. The van der Waals surface area contributed by atoms with Crippen molar-refractivity contribution in [3.05, 3.63) is 279 Å². The second-order valence-electron chi connectivity index (χ2n) is 22.9. The summed E-state index contributed by atoms with van der Waals surface area (Å²) in [4.78, 5) is 4.02. The van der Waals surface area contributed by atoms with E-state index in [-0.39, 0.29) is 16.7 Å². The van der Waals surface area contributed by atoms with Crippen LogP contribution in [-0.2, 0) is 16.2 Å². The van der Waals surface area contributed by atoms with E-state index in [0.29, 0.717) is 0 Å². The molecule has 10 aromatic rings. The number of hydrogen-bond acceptors (Lipinski definition) is 2. The van der Waals surface area contributed by atoms with E-state index in [1.165, 1.54) is 92.5 Å². The third kappa shape index (κ3) is 5.85. The maximum atomic E-state index is 2.60. The molecule has 4 unspecified atom stereocenters. The van der Waals surface area contributed by atoms with Crippen LogP contribution in [0.2, 0.25) is 0 Å². The van der Waals surface area contributed by atoms with Crippen molar-refractivity contribution in [3.8, 4) is 22.3 Å². The summed E-state index contributed by atoms with van der Waals surface area (Å²) in [5.74, 6) is 0.223. The Morgan fingerprint density at radius 2 is 1.11 bits per heavy atom. The number of hydrogen-bond donors (Lipinski definition) is 0. The number of nitrogens with zero attached hydrogens (tertiary/aromatic N) is 1. The zero-order chi connectivity index (χ0) is 49.6. The first-order valence-corrected chi connectivity index (χ1v) is 27.1. The van der Waals surface area contributed by atoms with Crippen LogP contribution in [0.1, 0.15) is 98.2 Å². The highest BCUT2D eigenvalue weighted by molar-refractivity contribution is 7.19. The Bertz CT molecular complexity index is 3900. The number of allylic oxidation sites excluding steroid dienone is 4. The highest BCUT2D eigenvalue weighted by Crippen LogP contribution is 2.68. The Hall–Kier alpha value is -7.52. The first kappa shape index (κ1) is 44.2. The first-order chi connectivity index (χ1) is 35.4. The summed E-state index contributed by atoms with van der Waals surface area (Å²) in [5.41, 5.74) is 19.2. The van der Waals surface area contributed by atoms with Crippen molar-refractivity contribution in [1.82, 2.24) is 0 Å². The monoisotopic (exact) mass is 957 g/mol. The van der Waals surface area contributed by atoms with Crippen molar-refractivity contribution in [3.63, 3.8) is 0 Å². The standard InChI is InChI=1S/C71H59NS/c1-45-62-56-27-17-19-29-61(56)73-66(62)70(7)49-33-30-47(31-34-49)63-54-25-15-14-20-46(54)32-41-60(63)72(52-37-35-48(36-38-52)68(5)42-43-69(6,67(2,3)4)64(45)65(68)70)53-39-40-59-57(44-53)55-26-16-18-28-58(55)71(59,50-21-10-8-11-22-50)51-23-12-9-13-24-51/h8-45H,1-7H3. The second-order valence-corrected chi connectivity index (χ2v) is 23.9. The fourth-order valence-electron chi connectivity index (χ4n) is 14.5. The van der Waals surface area contributed by atoms with Crippen molar-refractivity contribution in [2.45, 2.75) is 70.6 Å². The first-order valence-electron chi connectivity index (χ1n) is 26.2. The van der Waals surface area contributed by atoms with E-state index in [1.807, 2.05) is 11.3 Å². The molecule has 0 spiro atoms. The summed E-state index contributed by atoms with van der Waals surface area (Å²) < 4.78 is 1.37. The summed E-state index contributed by atoms with van der Waals surface area (Å²) in [6.45, 7) is 17.5. The van der Waals surface area contributed by atoms with E-state index < -0.39 is 16.2 Å². The van der Waals surface area contributed by atoms with Crippen LogP contribution in [0.5, 0.6) is 0 Å². The fraction of sp³-hybridized carbons (Fsp3) is 0.183. The molecule has 4 atom stereocenters. The van der Waals surface area contributed by atoms with Gasteiger partial charge in [0.05, 0.1) is 11.1 Å². The minimum Gasteiger partial charge on any atom is -0.310 e. The van der Waals surface area contributed by atoms with Crippen LogP contribution in [0.4, 0.5) is 17.1 Å². The predicted molar refractivity (Wildman–Crippen MR) is 309 cm³/mol. The van der Waals surface area contributed by atoms with E-state index in [2.05, 4.69) is 278 Å². The highest BCUT2D eigenvalue weighted by atomic mass is 32.1.